The molecule has 1 aromatic carbocycles. The molecule has 1 saturated carbocycles. The second-order valence-electron chi connectivity index (χ2n) is 6.48. The number of aromatic hydroxyl groups is 1. The molecule has 1 aliphatic carbocycles. The van der Waals surface area contributed by atoms with Gasteiger partial charge in [-0.05, 0) is 49.1 Å². The molecule has 3 N–H and O–H groups in total. The lowest BCUT2D eigenvalue weighted by Crippen LogP contribution is -2.31. The van der Waals surface area contributed by atoms with E-state index >= 15 is 0 Å². The van der Waals surface area contributed by atoms with Crippen LogP contribution in [0.5, 0.6) is 5.75 Å². The van der Waals surface area contributed by atoms with Crippen molar-refractivity contribution in [2.45, 2.75) is 12.8 Å². The maximum Gasteiger partial charge on any atom is 0.325 e. The van der Waals surface area contributed by atoms with Gasteiger partial charge < -0.3 is 20.5 Å². The van der Waals surface area contributed by atoms with Crippen molar-refractivity contribution < 1.29 is 19.4 Å². The van der Waals surface area contributed by atoms with Crippen LogP contribution in [0, 0.1) is 17.8 Å². The first-order chi connectivity index (χ1) is 13.5. The van der Waals surface area contributed by atoms with Gasteiger partial charge in [-0.2, -0.15) is 0 Å². The van der Waals surface area contributed by atoms with E-state index in [1.165, 1.54) is 12.3 Å². The summed E-state index contributed by atoms with van der Waals surface area (Å²) >= 11 is 0. The third-order valence-electron chi connectivity index (χ3n) is 4.18. The second-order valence-corrected chi connectivity index (χ2v) is 6.48. The average molecular weight is 379 g/mol. The molecule has 0 radical (unpaired) electrons. The Morgan fingerprint density at radius 2 is 1.93 bits per heavy atom. The minimum Gasteiger partial charge on any atom is -0.505 e. The largest absolute Gasteiger partial charge is 0.505 e. The van der Waals surface area contributed by atoms with Crippen LogP contribution in [0.2, 0.25) is 0 Å². The van der Waals surface area contributed by atoms with Crippen LogP contribution in [0.15, 0.2) is 36.5 Å². The summed E-state index contributed by atoms with van der Waals surface area (Å²) in [4.78, 5) is 27.6. The molecule has 7 heteroatoms. The van der Waals surface area contributed by atoms with Crippen molar-refractivity contribution in [3.8, 4) is 17.6 Å². The number of esters is 1. The molecule has 144 valence electrons. The predicted octanol–water partition coefficient (Wildman–Crippen LogP) is 1.91. The number of pyridine rings is 1. The Morgan fingerprint density at radius 1 is 1.21 bits per heavy atom. The van der Waals surface area contributed by atoms with Gasteiger partial charge in [-0.25, -0.2) is 4.98 Å². The van der Waals surface area contributed by atoms with Gasteiger partial charge in [0.05, 0.1) is 6.61 Å². The van der Waals surface area contributed by atoms with E-state index in [0.717, 1.165) is 24.1 Å². The highest BCUT2D eigenvalue weighted by Crippen LogP contribution is 2.28. The zero-order valence-corrected chi connectivity index (χ0v) is 15.5. The number of anilines is 1. The molecule has 0 saturated heterocycles. The Morgan fingerprint density at radius 3 is 2.57 bits per heavy atom. The number of nitrogens with zero attached hydrogens (tertiary/aromatic N) is 1. The summed E-state index contributed by atoms with van der Waals surface area (Å²) in [5, 5.41) is 15.5. The summed E-state index contributed by atoms with van der Waals surface area (Å²) in [6, 6.07) is 8.92. The number of amides is 1. The van der Waals surface area contributed by atoms with Crippen molar-refractivity contribution in [1.29, 1.82) is 0 Å². The monoisotopic (exact) mass is 379 g/mol. The van der Waals surface area contributed by atoms with E-state index < -0.39 is 11.9 Å². The third kappa shape index (κ3) is 5.48. The number of aromatic nitrogens is 1. The molecule has 0 bridgehead atoms. The third-order valence-corrected chi connectivity index (χ3v) is 4.18. The normalized spacial score (nSPS) is 12.5. The number of carbonyl (C=O) groups excluding carboxylic acids is 2. The molecule has 0 unspecified atom stereocenters. The summed E-state index contributed by atoms with van der Waals surface area (Å²) in [6.07, 6.45) is 3.55. The summed E-state index contributed by atoms with van der Waals surface area (Å²) in [7, 11) is 1.84. The number of nitrogens with one attached hydrogen (secondary N) is 2. The molecule has 7 nitrogen and oxygen atoms in total. The number of hydrogen-bond donors (Lipinski definition) is 3. The van der Waals surface area contributed by atoms with E-state index in [1.54, 1.807) is 0 Å². The highest BCUT2D eigenvalue weighted by molar-refractivity contribution is 5.96. The molecule has 1 amide bonds. The number of ether oxygens (including phenoxy) is 1. The van der Waals surface area contributed by atoms with E-state index in [1.807, 2.05) is 31.3 Å². The van der Waals surface area contributed by atoms with Crippen LogP contribution in [-0.2, 0) is 9.53 Å². The van der Waals surface area contributed by atoms with Crippen LogP contribution >= 0.6 is 0 Å². The highest BCUT2D eigenvalue weighted by atomic mass is 16.5. The molecule has 1 aromatic heterocycles. The van der Waals surface area contributed by atoms with Crippen molar-refractivity contribution in [1.82, 2.24) is 10.3 Å². The van der Waals surface area contributed by atoms with Crippen molar-refractivity contribution >= 4 is 17.6 Å². The number of hydrogen-bond acceptors (Lipinski definition) is 6. The molecular formula is C21H21N3O4. The zero-order valence-electron chi connectivity index (χ0n) is 15.5. The van der Waals surface area contributed by atoms with E-state index in [4.69, 9.17) is 4.74 Å². The van der Waals surface area contributed by atoms with Gasteiger partial charge in [0, 0.05) is 30.1 Å². The summed E-state index contributed by atoms with van der Waals surface area (Å²) in [6.45, 7) is 0.125. The standard InChI is InChI=1S/C21H21N3O4/c1-22-17-8-6-14(7-9-17)2-5-16-10-18(25)20(23-11-16)21(27)24-12-19(26)28-13-15-3-4-15/h6-11,15,22,25H,3-4,12-13H2,1H3,(H,24,27). The fourth-order valence-corrected chi connectivity index (χ4v) is 2.34. The van der Waals surface area contributed by atoms with Crippen LogP contribution in [0.4, 0.5) is 5.69 Å². The minimum absolute atomic E-state index is 0.168. The first-order valence-electron chi connectivity index (χ1n) is 8.98. The molecule has 1 fully saturated rings. The number of rotatable bonds is 6. The van der Waals surface area contributed by atoms with Crippen LogP contribution in [-0.4, -0.2) is 42.2 Å². The van der Waals surface area contributed by atoms with Gasteiger partial charge in [0.2, 0.25) is 0 Å². The van der Waals surface area contributed by atoms with E-state index in [9.17, 15) is 14.7 Å². The Bertz CT molecular complexity index is 925. The molecule has 2 aromatic rings. The topological polar surface area (TPSA) is 101 Å². The Kier molecular flexibility index (Phi) is 6.12. The van der Waals surface area contributed by atoms with Crippen LogP contribution in [0.3, 0.4) is 0 Å². The van der Waals surface area contributed by atoms with Crippen molar-refractivity contribution in [3.63, 3.8) is 0 Å². The van der Waals surface area contributed by atoms with Gasteiger partial charge in [0.25, 0.3) is 5.91 Å². The quantitative estimate of drug-likeness (QED) is 0.524. The number of benzene rings is 1. The van der Waals surface area contributed by atoms with Crippen molar-refractivity contribution in [2.24, 2.45) is 5.92 Å². The fraction of sp³-hybridized carbons (Fsp3) is 0.286. The number of carbonyl (C=O) groups is 2. The SMILES string of the molecule is CNc1ccc(C#Cc2cnc(C(=O)NCC(=O)OCC3CC3)c(O)c2)cc1. The Labute approximate surface area is 163 Å². The smallest absolute Gasteiger partial charge is 0.325 e. The zero-order chi connectivity index (χ0) is 19.9. The fourth-order valence-electron chi connectivity index (χ4n) is 2.34. The van der Waals surface area contributed by atoms with Crippen molar-refractivity contribution in [3.05, 3.63) is 53.3 Å². The van der Waals surface area contributed by atoms with Crippen molar-refractivity contribution in [2.75, 3.05) is 25.5 Å². The van der Waals surface area contributed by atoms with Gasteiger partial charge >= 0.3 is 5.97 Å². The summed E-state index contributed by atoms with van der Waals surface area (Å²) in [5.74, 6) is 4.85. The maximum atomic E-state index is 12.1. The van der Waals surface area contributed by atoms with Crippen LogP contribution in [0.1, 0.15) is 34.5 Å². The highest BCUT2D eigenvalue weighted by Gasteiger charge is 2.23. The van der Waals surface area contributed by atoms with Gasteiger partial charge in [-0.15, -0.1) is 0 Å². The molecular weight excluding hydrogens is 358 g/mol. The first-order valence-corrected chi connectivity index (χ1v) is 8.98. The van der Waals surface area contributed by atoms with E-state index in [2.05, 4.69) is 27.5 Å². The van der Waals surface area contributed by atoms with Gasteiger partial charge in [-0.1, -0.05) is 11.8 Å². The maximum absolute atomic E-state index is 12.1. The van der Waals surface area contributed by atoms with E-state index in [-0.39, 0.29) is 18.0 Å². The van der Waals surface area contributed by atoms with Gasteiger partial charge in [0.15, 0.2) is 5.69 Å². The molecule has 0 spiro atoms. The summed E-state index contributed by atoms with van der Waals surface area (Å²) < 4.78 is 5.03. The predicted molar refractivity (Wildman–Crippen MR) is 104 cm³/mol. The molecule has 0 atom stereocenters. The second kappa shape index (κ2) is 8.91. The Hall–Kier alpha value is -3.53. The van der Waals surface area contributed by atoms with E-state index in [0.29, 0.717) is 18.1 Å². The lowest BCUT2D eigenvalue weighted by atomic mass is 10.2. The summed E-state index contributed by atoms with van der Waals surface area (Å²) in [5.41, 5.74) is 2.09. The molecule has 28 heavy (non-hydrogen) atoms. The van der Waals surface area contributed by atoms with Crippen LogP contribution in [0.25, 0.3) is 0 Å². The molecule has 3 rings (SSSR count). The molecule has 1 aliphatic rings. The van der Waals surface area contributed by atoms with Gasteiger partial charge in [0.1, 0.15) is 12.3 Å². The lowest BCUT2D eigenvalue weighted by Gasteiger charge is -2.07. The Balaban J connectivity index is 1.57. The molecule has 0 aliphatic heterocycles. The lowest BCUT2D eigenvalue weighted by molar-refractivity contribution is -0.142. The minimum atomic E-state index is -0.650. The van der Waals surface area contributed by atoms with Gasteiger partial charge in [-0.3, -0.25) is 9.59 Å². The molecule has 1 heterocycles. The average Bonchev–Trinajstić information content (AvgIpc) is 3.54. The van der Waals surface area contributed by atoms with Crippen LogP contribution < -0.4 is 10.6 Å². The first kappa shape index (κ1) is 19.2.